The number of ether oxygens (including phenoxy) is 1. The van der Waals surface area contributed by atoms with Gasteiger partial charge in [0, 0.05) is 42.5 Å². The van der Waals surface area contributed by atoms with Crippen molar-refractivity contribution in [1.29, 1.82) is 0 Å². The number of rotatable bonds is 3. The fourth-order valence-corrected chi connectivity index (χ4v) is 7.03. The van der Waals surface area contributed by atoms with Crippen LogP contribution in [-0.4, -0.2) is 32.7 Å². The molecule has 2 aliphatic heterocycles. The van der Waals surface area contributed by atoms with E-state index in [0.717, 1.165) is 57.7 Å². The maximum atomic E-state index is 12.7. The predicted molar refractivity (Wildman–Crippen MR) is 147 cm³/mol. The number of nitrogens with zero attached hydrogens (tertiary/aromatic N) is 4. The highest BCUT2D eigenvalue weighted by atomic mass is 35.5. The first-order chi connectivity index (χ1) is 19.0. The van der Waals surface area contributed by atoms with E-state index in [-0.39, 0.29) is 5.75 Å². The molecule has 0 spiro atoms. The number of aryl methyl sites for hydroxylation is 1. The average molecular weight is 566 g/mol. The van der Waals surface area contributed by atoms with Crippen LogP contribution in [-0.2, 0) is 29.7 Å². The number of aromatic amines is 1. The van der Waals surface area contributed by atoms with E-state index in [1.165, 1.54) is 11.6 Å². The molecule has 206 valence electrons. The molecule has 3 aliphatic rings. The van der Waals surface area contributed by atoms with Crippen molar-refractivity contribution in [2.45, 2.75) is 56.8 Å². The SMILES string of the molecule is CCc1cccc2c1-n1nc3c(c1C1(C)C2=CC(C)(Cl)c2[nH]ccc21)CN(c1ccc(OC(F)(F)F)cn1)CC3. The van der Waals surface area contributed by atoms with Gasteiger partial charge in [-0.3, -0.25) is 0 Å². The van der Waals surface area contributed by atoms with Crippen LogP contribution in [0.2, 0.25) is 0 Å². The molecule has 40 heavy (non-hydrogen) atoms. The number of fused-ring (bicyclic) bond motifs is 10. The Morgan fingerprint density at radius 1 is 1.15 bits per heavy atom. The monoisotopic (exact) mass is 565 g/mol. The van der Waals surface area contributed by atoms with Gasteiger partial charge >= 0.3 is 6.36 Å². The highest BCUT2D eigenvalue weighted by molar-refractivity contribution is 6.26. The van der Waals surface area contributed by atoms with Crippen LogP contribution in [0.3, 0.4) is 0 Å². The topological polar surface area (TPSA) is 59.0 Å². The molecule has 10 heteroatoms. The number of anilines is 1. The number of H-pyrrole nitrogens is 1. The second-order valence-electron chi connectivity index (χ2n) is 10.9. The minimum absolute atomic E-state index is 0.339. The fourth-order valence-electron chi connectivity index (χ4n) is 6.77. The highest BCUT2D eigenvalue weighted by Crippen LogP contribution is 2.58. The number of pyridine rings is 1. The Balaban J connectivity index is 1.40. The van der Waals surface area contributed by atoms with Crippen molar-refractivity contribution in [3.8, 4) is 11.4 Å². The maximum absolute atomic E-state index is 12.7. The zero-order valence-corrected chi connectivity index (χ0v) is 23.0. The van der Waals surface area contributed by atoms with Gasteiger partial charge in [0.1, 0.15) is 16.4 Å². The summed E-state index contributed by atoms with van der Waals surface area (Å²) in [6, 6.07) is 11.4. The summed E-state index contributed by atoms with van der Waals surface area (Å²) >= 11 is 7.14. The lowest BCUT2D eigenvalue weighted by Crippen LogP contribution is -2.40. The number of halogens is 4. The van der Waals surface area contributed by atoms with Gasteiger partial charge in [-0.2, -0.15) is 5.10 Å². The number of hydrogen-bond acceptors (Lipinski definition) is 4. The molecule has 1 N–H and O–H groups in total. The van der Waals surface area contributed by atoms with Gasteiger partial charge < -0.3 is 14.6 Å². The first kappa shape index (κ1) is 25.3. The third kappa shape index (κ3) is 3.56. The van der Waals surface area contributed by atoms with Crippen LogP contribution in [0.25, 0.3) is 11.3 Å². The Morgan fingerprint density at radius 3 is 2.70 bits per heavy atom. The molecule has 1 aliphatic carbocycles. The Labute approximate surface area is 234 Å². The Hall–Kier alpha value is -3.72. The van der Waals surface area contributed by atoms with E-state index in [9.17, 15) is 13.2 Å². The van der Waals surface area contributed by atoms with Gasteiger partial charge in [-0.05, 0) is 55.2 Å². The smallest absolute Gasteiger partial charge is 0.404 e. The van der Waals surface area contributed by atoms with Crippen LogP contribution in [0.15, 0.2) is 54.9 Å². The standard InChI is InChI=1S/C30H27ClF3N5O/c1-4-17-6-5-7-19-22-14-28(2,31)26-21(10-12-35-26)29(22,3)27-20-16-38(13-11-23(20)37-39(27)25(17)19)24-9-8-18(15-36-24)40-30(32,33)34/h5-10,12,14-15,35H,4,11,13,16H2,1-3H3. The second-order valence-corrected chi connectivity index (χ2v) is 11.7. The second kappa shape index (κ2) is 8.39. The molecule has 0 fully saturated rings. The number of benzene rings is 1. The summed E-state index contributed by atoms with van der Waals surface area (Å²) in [5, 5.41) is 5.21. The van der Waals surface area contributed by atoms with E-state index in [2.05, 4.69) is 68.5 Å². The van der Waals surface area contributed by atoms with E-state index in [0.29, 0.717) is 25.3 Å². The number of hydrogen-bond donors (Lipinski definition) is 1. The van der Waals surface area contributed by atoms with Crippen molar-refractivity contribution in [3.05, 3.63) is 94.2 Å². The van der Waals surface area contributed by atoms with Gasteiger partial charge in [0.25, 0.3) is 0 Å². The average Bonchev–Trinajstić information content (AvgIpc) is 3.56. The van der Waals surface area contributed by atoms with E-state index < -0.39 is 16.7 Å². The summed E-state index contributed by atoms with van der Waals surface area (Å²) < 4.78 is 44.1. The van der Waals surface area contributed by atoms with Gasteiger partial charge in [-0.1, -0.05) is 31.2 Å². The van der Waals surface area contributed by atoms with Crippen LogP contribution in [0.4, 0.5) is 19.0 Å². The van der Waals surface area contributed by atoms with Crippen molar-refractivity contribution in [2.75, 3.05) is 11.4 Å². The summed E-state index contributed by atoms with van der Waals surface area (Å²) in [7, 11) is 0. The van der Waals surface area contributed by atoms with E-state index in [1.807, 2.05) is 13.1 Å². The molecule has 4 aromatic rings. The van der Waals surface area contributed by atoms with E-state index in [4.69, 9.17) is 16.7 Å². The third-order valence-corrected chi connectivity index (χ3v) is 8.82. The molecular formula is C30H27ClF3N5O. The van der Waals surface area contributed by atoms with Crippen molar-refractivity contribution in [3.63, 3.8) is 0 Å². The summed E-state index contributed by atoms with van der Waals surface area (Å²) in [6.07, 6.45) is 2.02. The van der Waals surface area contributed by atoms with Gasteiger partial charge in [0.2, 0.25) is 0 Å². The summed E-state index contributed by atoms with van der Waals surface area (Å²) in [6.45, 7) is 7.58. The van der Waals surface area contributed by atoms with Crippen LogP contribution in [0.1, 0.15) is 60.1 Å². The fraction of sp³-hybridized carbons (Fsp3) is 0.333. The number of alkyl halides is 4. The van der Waals surface area contributed by atoms with Crippen LogP contribution < -0.4 is 9.64 Å². The Bertz CT molecular complexity index is 1680. The molecule has 5 heterocycles. The lowest BCUT2D eigenvalue weighted by Gasteiger charge is -2.45. The van der Waals surface area contributed by atoms with E-state index in [1.54, 1.807) is 6.07 Å². The molecule has 0 bridgehead atoms. The van der Waals surface area contributed by atoms with Gasteiger partial charge in [-0.25, -0.2) is 9.67 Å². The lowest BCUT2D eigenvalue weighted by molar-refractivity contribution is -0.274. The molecule has 0 radical (unpaired) electrons. The molecule has 0 amide bonds. The summed E-state index contributed by atoms with van der Waals surface area (Å²) in [5.41, 5.74) is 9.36. The molecule has 6 nitrogen and oxygen atoms in total. The minimum atomic E-state index is -4.76. The number of nitrogens with one attached hydrogen (secondary N) is 1. The molecule has 1 aromatic carbocycles. The lowest BCUT2D eigenvalue weighted by atomic mass is 9.63. The molecular weight excluding hydrogens is 539 g/mol. The molecule has 7 rings (SSSR count). The Morgan fingerprint density at radius 2 is 1.98 bits per heavy atom. The summed E-state index contributed by atoms with van der Waals surface area (Å²) in [5.74, 6) is 0.250. The number of allylic oxidation sites excluding steroid dienone is 2. The van der Waals surface area contributed by atoms with Crippen molar-refractivity contribution in [1.82, 2.24) is 19.7 Å². The molecule has 3 aromatic heterocycles. The van der Waals surface area contributed by atoms with Crippen molar-refractivity contribution in [2.24, 2.45) is 0 Å². The van der Waals surface area contributed by atoms with Crippen molar-refractivity contribution >= 4 is 23.0 Å². The maximum Gasteiger partial charge on any atom is 0.573 e. The minimum Gasteiger partial charge on any atom is -0.404 e. The molecule has 2 unspecified atom stereocenters. The zero-order chi connectivity index (χ0) is 28.0. The Kier molecular flexibility index (Phi) is 5.30. The van der Waals surface area contributed by atoms with Gasteiger partial charge in [0.15, 0.2) is 0 Å². The predicted octanol–water partition coefficient (Wildman–Crippen LogP) is 6.79. The number of aromatic nitrogens is 4. The number of para-hydroxylation sites is 1. The van der Waals surface area contributed by atoms with Crippen molar-refractivity contribution < 1.29 is 17.9 Å². The first-order valence-electron chi connectivity index (χ1n) is 13.3. The first-order valence-corrected chi connectivity index (χ1v) is 13.7. The molecule has 2 atom stereocenters. The summed E-state index contributed by atoms with van der Waals surface area (Å²) in [4.78, 5) is 9.08. The quantitative estimate of drug-likeness (QED) is 0.278. The van der Waals surface area contributed by atoms with Gasteiger partial charge in [-0.15, -0.1) is 24.8 Å². The van der Waals surface area contributed by atoms with E-state index >= 15 is 0 Å². The zero-order valence-electron chi connectivity index (χ0n) is 22.2. The largest absolute Gasteiger partial charge is 0.573 e. The highest BCUT2D eigenvalue weighted by Gasteiger charge is 2.51. The normalized spacial score (nSPS) is 23.0. The van der Waals surface area contributed by atoms with Crippen LogP contribution >= 0.6 is 11.6 Å². The molecule has 0 saturated heterocycles. The molecule has 0 saturated carbocycles. The van der Waals surface area contributed by atoms with Gasteiger partial charge in [0.05, 0.1) is 28.7 Å². The van der Waals surface area contributed by atoms with Crippen LogP contribution in [0, 0.1) is 0 Å². The third-order valence-electron chi connectivity index (χ3n) is 8.52. The van der Waals surface area contributed by atoms with Crippen LogP contribution in [0.5, 0.6) is 5.75 Å².